The van der Waals surface area contributed by atoms with E-state index in [4.69, 9.17) is 4.74 Å². The number of ether oxygens (including phenoxy) is 1. The Labute approximate surface area is 85.3 Å². The molecule has 0 aromatic rings. The zero-order valence-corrected chi connectivity index (χ0v) is 9.12. The molecule has 3 atom stereocenters. The lowest BCUT2D eigenvalue weighted by atomic mass is 9.93. The zero-order chi connectivity index (χ0) is 10.3. The van der Waals surface area contributed by atoms with Gasteiger partial charge in [0.1, 0.15) is 5.60 Å². The Morgan fingerprint density at radius 3 is 2.43 bits per heavy atom. The lowest BCUT2D eigenvalue weighted by Gasteiger charge is -2.24. The first-order valence-electron chi connectivity index (χ1n) is 5.37. The molecule has 2 aliphatic rings. The van der Waals surface area contributed by atoms with Gasteiger partial charge in [-0.3, -0.25) is 4.79 Å². The van der Waals surface area contributed by atoms with Crippen LogP contribution in [0.15, 0.2) is 12.2 Å². The maximum absolute atomic E-state index is 11.8. The molecule has 2 nitrogen and oxygen atoms in total. The number of carbonyl (C=O) groups is 1. The summed E-state index contributed by atoms with van der Waals surface area (Å²) in [4.78, 5) is 11.8. The van der Waals surface area contributed by atoms with Gasteiger partial charge in [0.15, 0.2) is 0 Å². The fraction of sp³-hybridized carbons (Fsp3) is 0.750. The highest BCUT2D eigenvalue weighted by molar-refractivity contribution is 5.74. The topological polar surface area (TPSA) is 26.3 Å². The van der Waals surface area contributed by atoms with Crippen LogP contribution in [0.1, 0.15) is 33.6 Å². The summed E-state index contributed by atoms with van der Waals surface area (Å²) in [6.45, 7) is 5.77. The first kappa shape index (κ1) is 9.75. The first-order valence-corrected chi connectivity index (χ1v) is 5.37. The monoisotopic (exact) mass is 194 g/mol. The minimum absolute atomic E-state index is 0.00523. The minimum Gasteiger partial charge on any atom is -0.460 e. The molecule has 0 unspecified atom stereocenters. The predicted molar refractivity (Wildman–Crippen MR) is 54.7 cm³/mol. The van der Waals surface area contributed by atoms with Crippen molar-refractivity contribution in [3.05, 3.63) is 12.2 Å². The third kappa shape index (κ3) is 1.84. The van der Waals surface area contributed by atoms with Crippen LogP contribution >= 0.6 is 0 Å². The van der Waals surface area contributed by atoms with Gasteiger partial charge in [-0.1, -0.05) is 12.2 Å². The van der Waals surface area contributed by atoms with Crippen molar-refractivity contribution in [2.45, 2.75) is 39.2 Å². The highest BCUT2D eigenvalue weighted by Gasteiger charge is 2.41. The Hall–Kier alpha value is -0.790. The van der Waals surface area contributed by atoms with E-state index in [1.807, 2.05) is 20.8 Å². The van der Waals surface area contributed by atoms with E-state index in [0.29, 0.717) is 11.8 Å². The van der Waals surface area contributed by atoms with Gasteiger partial charge < -0.3 is 4.74 Å². The second kappa shape index (κ2) is 3.11. The van der Waals surface area contributed by atoms with Crippen molar-refractivity contribution in [1.82, 2.24) is 0 Å². The van der Waals surface area contributed by atoms with E-state index in [-0.39, 0.29) is 17.5 Å². The van der Waals surface area contributed by atoms with Crippen molar-refractivity contribution in [2.75, 3.05) is 0 Å². The fourth-order valence-electron chi connectivity index (χ4n) is 2.43. The molecule has 0 amide bonds. The molecule has 14 heavy (non-hydrogen) atoms. The van der Waals surface area contributed by atoms with Gasteiger partial charge in [0, 0.05) is 0 Å². The van der Waals surface area contributed by atoms with Crippen LogP contribution in [0.25, 0.3) is 0 Å². The summed E-state index contributed by atoms with van der Waals surface area (Å²) in [5, 5.41) is 0. The van der Waals surface area contributed by atoms with Gasteiger partial charge in [-0.25, -0.2) is 0 Å². The molecule has 0 aromatic carbocycles. The summed E-state index contributed by atoms with van der Waals surface area (Å²) in [6, 6.07) is 0. The molecule has 0 heterocycles. The van der Waals surface area contributed by atoms with Gasteiger partial charge in [0.25, 0.3) is 0 Å². The molecule has 78 valence electrons. The minimum atomic E-state index is -0.345. The molecule has 2 aliphatic carbocycles. The van der Waals surface area contributed by atoms with Crippen molar-refractivity contribution < 1.29 is 9.53 Å². The molecule has 0 aliphatic heterocycles. The normalized spacial score (nSPS) is 34.9. The van der Waals surface area contributed by atoms with Crippen molar-refractivity contribution in [1.29, 1.82) is 0 Å². The Kier molecular flexibility index (Phi) is 2.17. The summed E-state index contributed by atoms with van der Waals surface area (Å²) in [5.41, 5.74) is -0.345. The Morgan fingerprint density at radius 2 is 2.00 bits per heavy atom. The number of fused-ring (bicyclic) bond motifs is 2. The second-order valence-corrected chi connectivity index (χ2v) is 5.42. The second-order valence-electron chi connectivity index (χ2n) is 5.42. The number of allylic oxidation sites excluding steroid dienone is 2. The van der Waals surface area contributed by atoms with E-state index in [9.17, 15) is 4.79 Å². The average molecular weight is 194 g/mol. The van der Waals surface area contributed by atoms with E-state index in [1.165, 1.54) is 0 Å². The van der Waals surface area contributed by atoms with Gasteiger partial charge in [-0.15, -0.1) is 0 Å². The van der Waals surface area contributed by atoms with E-state index in [0.717, 1.165) is 12.8 Å². The van der Waals surface area contributed by atoms with E-state index < -0.39 is 0 Å². The van der Waals surface area contributed by atoms with Crippen LogP contribution in [0, 0.1) is 17.8 Å². The molecule has 0 spiro atoms. The lowest BCUT2D eigenvalue weighted by Crippen LogP contribution is -2.30. The van der Waals surface area contributed by atoms with Gasteiger partial charge >= 0.3 is 5.97 Å². The maximum Gasteiger partial charge on any atom is 0.310 e. The molecule has 2 heteroatoms. The highest BCUT2D eigenvalue weighted by Crippen LogP contribution is 2.44. The molecule has 2 bridgehead atoms. The molecule has 2 rings (SSSR count). The summed E-state index contributed by atoms with van der Waals surface area (Å²) in [5.74, 6) is 1.21. The largest absolute Gasteiger partial charge is 0.460 e. The van der Waals surface area contributed by atoms with Crippen molar-refractivity contribution in [3.8, 4) is 0 Å². The SMILES string of the molecule is CC(C)(C)OC(=O)[C@@H]1C[C@H]2C=C[C@@H]1C2. The molecular formula is C12H18O2. The van der Waals surface area contributed by atoms with Crippen LogP contribution < -0.4 is 0 Å². The standard InChI is InChI=1S/C12H18O2/c1-12(2,3)14-11(13)10-7-8-4-5-9(10)6-8/h4-5,8-10H,6-7H2,1-3H3/t8-,9+,10+/m0/s1. The van der Waals surface area contributed by atoms with Crippen LogP contribution in [0.5, 0.6) is 0 Å². The number of hydrogen-bond acceptors (Lipinski definition) is 2. The van der Waals surface area contributed by atoms with Crippen LogP contribution in [0.2, 0.25) is 0 Å². The molecular weight excluding hydrogens is 176 g/mol. The Balaban J connectivity index is 1.97. The van der Waals surface area contributed by atoms with Gasteiger partial charge in [0.05, 0.1) is 5.92 Å². The van der Waals surface area contributed by atoms with Crippen LogP contribution in [0.3, 0.4) is 0 Å². The molecule has 1 saturated carbocycles. The Bertz CT molecular complexity index is 273. The number of esters is 1. The lowest BCUT2D eigenvalue weighted by molar-refractivity contribution is -0.160. The predicted octanol–water partition coefficient (Wildman–Crippen LogP) is 2.54. The fourth-order valence-corrected chi connectivity index (χ4v) is 2.43. The van der Waals surface area contributed by atoms with Gasteiger partial charge in [-0.2, -0.15) is 0 Å². The van der Waals surface area contributed by atoms with Gasteiger partial charge in [0.2, 0.25) is 0 Å². The van der Waals surface area contributed by atoms with E-state index in [2.05, 4.69) is 12.2 Å². The molecule has 0 N–H and O–H groups in total. The maximum atomic E-state index is 11.8. The van der Waals surface area contributed by atoms with Crippen molar-refractivity contribution >= 4 is 5.97 Å². The van der Waals surface area contributed by atoms with E-state index >= 15 is 0 Å². The summed E-state index contributed by atoms with van der Waals surface area (Å²) in [7, 11) is 0. The number of hydrogen-bond donors (Lipinski definition) is 0. The molecule has 0 saturated heterocycles. The Morgan fingerprint density at radius 1 is 1.29 bits per heavy atom. The summed E-state index contributed by atoms with van der Waals surface area (Å²) in [6.07, 6.45) is 6.58. The van der Waals surface area contributed by atoms with Crippen LogP contribution in [-0.2, 0) is 9.53 Å². The summed E-state index contributed by atoms with van der Waals surface area (Å²) >= 11 is 0. The van der Waals surface area contributed by atoms with E-state index in [1.54, 1.807) is 0 Å². The smallest absolute Gasteiger partial charge is 0.310 e. The zero-order valence-electron chi connectivity index (χ0n) is 9.12. The van der Waals surface area contributed by atoms with Gasteiger partial charge in [-0.05, 0) is 45.4 Å². The molecule has 0 radical (unpaired) electrons. The van der Waals surface area contributed by atoms with Crippen LogP contribution in [-0.4, -0.2) is 11.6 Å². The molecule has 0 aromatic heterocycles. The summed E-state index contributed by atoms with van der Waals surface area (Å²) < 4.78 is 5.40. The third-order valence-corrected chi connectivity index (χ3v) is 2.99. The van der Waals surface area contributed by atoms with Crippen LogP contribution in [0.4, 0.5) is 0 Å². The highest BCUT2D eigenvalue weighted by atomic mass is 16.6. The van der Waals surface area contributed by atoms with Crippen molar-refractivity contribution in [3.63, 3.8) is 0 Å². The first-order chi connectivity index (χ1) is 6.46. The number of rotatable bonds is 1. The van der Waals surface area contributed by atoms with Crippen molar-refractivity contribution in [2.24, 2.45) is 17.8 Å². The average Bonchev–Trinajstić information content (AvgIpc) is 2.59. The third-order valence-electron chi connectivity index (χ3n) is 2.99. The number of carbonyl (C=O) groups excluding carboxylic acids is 1. The quantitative estimate of drug-likeness (QED) is 0.473. The molecule has 1 fully saturated rings.